The third-order valence-electron chi connectivity index (χ3n) is 6.85. The van der Waals surface area contributed by atoms with Crippen molar-refractivity contribution in [1.82, 2.24) is 9.62 Å². The Hall–Kier alpha value is -2.55. The van der Waals surface area contributed by atoms with Gasteiger partial charge in [-0.15, -0.1) is 0 Å². The summed E-state index contributed by atoms with van der Waals surface area (Å²) in [7, 11) is -4.06. The summed E-state index contributed by atoms with van der Waals surface area (Å²) in [6, 6.07) is 1.49. The molecule has 8 nitrogen and oxygen atoms in total. The summed E-state index contributed by atoms with van der Waals surface area (Å²) >= 11 is 0. The Labute approximate surface area is 202 Å². The van der Waals surface area contributed by atoms with E-state index in [0.717, 1.165) is 67.2 Å². The Morgan fingerprint density at radius 1 is 1.06 bits per heavy atom. The second-order valence-electron chi connectivity index (χ2n) is 10.7. The summed E-state index contributed by atoms with van der Waals surface area (Å²) in [5.74, 6) is 0. The zero-order chi connectivity index (χ0) is 24.7. The number of ether oxygens (including phenoxy) is 1. The molecule has 1 aromatic rings. The number of nitrogens with one attached hydrogen (secondary N) is 2. The zero-order valence-electron chi connectivity index (χ0n) is 20.5. The molecular weight excluding hydrogens is 454 g/mol. The smallest absolute Gasteiger partial charge is 0.410 e. The van der Waals surface area contributed by atoms with Gasteiger partial charge in [0.1, 0.15) is 5.60 Å². The number of anilines is 1. The van der Waals surface area contributed by atoms with Crippen molar-refractivity contribution in [2.75, 3.05) is 11.9 Å². The number of rotatable bonds is 4. The van der Waals surface area contributed by atoms with Crippen LogP contribution < -0.4 is 10.0 Å². The van der Waals surface area contributed by atoms with E-state index >= 15 is 0 Å². The lowest BCUT2D eigenvalue weighted by atomic mass is 9.99. The summed E-state index contributed by atoms with van der Waals surface area (Å²) < 4.78 is 33.0. The summed E-state index contributed by atoms with van der Waals surface area (Å²) in [6.45, 7) is 7.65. The van der Waals surface area contributed by atoms with Crippen LogP contribution in [0.5, 0.6) is 0 Å². The van der Waals surface area contributed by atoms with Gasteiger partial charge < -0.3 is 10.1 Å². The summed E-state index contributed by atoms with van der Waals surface area (Å²) in [5, 5.41) is 3.82. The van der Waals surface area contributed by atoms with Gasteiger partial charge in [0, 0.05) is 17.6 Å². The number of benzene rings is 1. The fourth-order valence-corrected chi connectivity index (χ4v) is 6.13. The van der Waals surface area contributed by atoms with Crippen LogP contribution >= 0.6 is 0 Å². The SMILES string of the molecule is CC(C)(C)OC(=O)N1CCC[C@@]1(C)/C=C/S(=O)(=O)NC(=O)Nc1c2c(cc3c1CCC3)CCC2. The molecule has 1 aliphatic heterocycles. The molecule has 0 unspecified atom stereocenters. The van der Waals surface area contributed by atoms with Gasteiger partial charge in [0.2, 0.25) is 0 Å². The molecular formula is C25H35N3O5S. The standard InChI is InChI=1S/C25H35N3O5S/c1-24(2,3)33-23(30)28-14-7-12-25(28,4)13-15-34(31,32)27-22(29)26-21-19-10-5-8-17(19)16-18-9-6-11-20(18)21/h13,15-16H,5-12,14H2,1-4H3,(H2,26,27,29)/b15-13+/t25-/m0/s1. The van der Waals surface area contributed by atoms with Crippen molar-refractivity contribution in [2.24, 2.45) is 0 Å². The van der Waals surface area contributed by atoms with E-state index in [2.05, 4.69) is 16.1 Å². The number of aryl methyl sites for hydroxylation is 2. The molecule has 0 spiro atoms. The third-order valence-corrected chi connectivity index (χ3v) is 7.81. The van der Waals surface area contributed by atoms with Crippen LogP contribution in [-0.4, -0.2) is 43.1 Å². The Kier molecular flexibility index (Phi) is 6.44. The zero-order valence-corrected chi connectivity index (χ0v) is 21.3. The highest BCUT2D eigenvalue weighted by Crippen LogP contribution is 2.38. The van der Waals surface area contributed by atoms with E-state index in [1.165, 1.54) is 17.2 Å². The van der Waals surface area contributed by atoms with Crippen LogP contribution in [0, 0.1) is 0 Å². The molecule has 3 aliphatic rings. The highest BCUT2D eigenvalue weighted by atomic mass is 32.2. The monoisotopic (exact) mass is 489 g/mol. The Bertz CT molecular complexity index is 1100. The highest BCUT2D eigenvalue weighted by molar-refractivity contribution is 7.92. The quantitative estimate of drug-likeness (QED) is 0.651. The van der Waals surface area contributed by atoms with Gasteiger partial charge in [-0.25, -0.2) is 22.7 Å². The molecule has 2 aliphatic carbocycles. The Morgan fingerprint density at radius 3 is 2.26 bits per heavy atom. The van der Waals surface area contributed by atoms with Crippen molar-refractivity contribution >= 4 is 27.8 Å². The number of likely N-dealkylation sites (tertiary alicyclic amines) is 1. The predicted molar refractivity (Wildman–Crippen MR) is 131 cm³/mol. The van der Waals surface area contributed by atoms with Gasteiger partial charge in [-0.1, -0.05) is 6.07 Å². The van der Waals surface area contributed by atoms with E-state index in [0.29, 0.717) is 13.0 Å². The first-order valence-electron chi connectivity index (χ1n) is 12.1. The summed E-state index contributed by atoms with van der Waals surface area (Å²) in [4.78, 5) is 26.9. The number of sulfonamides is 1. The molecule has 1 saturated heterocycles. The average Bonchev–Trinajstić information content (AvgIpc) is 3.44. The minimum Gasteiger partial charge on any atom is -0.444 e. The Morgan fingerprint density at radius 2 is 1.68 bits per heavy atom. The molecule has 0 aromatic heterocycles. The Balaban J connectivity index is 1.46. The predicted octanol–water partition coefficient (Wildman–Crippen LogP) is 4.42. The first kappa shape index (κ1) is 24.6. The second-order valence-corrected chi connectivity index (χ2v) is 12.3. The maximum absolute atomic E-state index is 12.7. The largest absolute Gasteiger partial charge is 0.444 e. The normalized spacial score (nSPS) is 22.1. The third kappa shape index (κ3) is 5.24. The lowest BCUT2D eigenvalue weighted by Gasteiger charge is -2.34. The van der Waals surface area contributed by atoms with Crippen LogP contribution in [-0.2, 0) is 40.4 Å². The van der Waals surface area contributed by atoms with Crippen molar-refractivity contribution in [3.8, 4) is 0 Å². The van der Waals surface area contributed by atoms with Gasteiger partial charge in [-0.3, -0.25) is 4.90 Å². The number of hydrogen-bond acceptors (Lipinski definition) is 5. The number of amides is 3. The molecule has 1 heterocycles. The minimum absolute atomic E-state index is 0.480. The maximum atomic E-state index is 12.7. The topological polar surface area (TPSA) is 105 Å². The van der Waals surface area contributed by atoms with Crippen LogP contribution in [0.3, 0.4) is 0 Å². The number of hydrogen-bond donors (Lipinski definition) is 2. The molecule has 1 aromatic carbocycles. The molecule has 9 heteroatoms. The number of fused-ring (bicyclic) bond motifs is 2. The highest BCUT2D eigenvalue weighted by Gasteiger charge is 2.40. The number of carbonyl (C=O) groups is 2. The molecule has 2 N–H and O–H groups in total. The molecule has 1 atom stereocenters. The van der Waals surface area contributed by atoms with Crippen molar-refractivity contribution in [1.29, 1.82) is 0 Å². The molecule has 4 rings (SSSR count). The van der Waals surface area contributed by atoms with Gasteiger partial charge in [0.15, 0.2) is 0 Å². The summed E-state index contributed by atoms with van der Waals surface area (Å²) in [5.41, 5.74) is 4.12. The van der Waals surface area contributed by atoms with E-state index in [1.807, 2.05) is 0 Å². The van der Waals surface area contributed by atoms with Gasteiger partial charge in [0.05, 0.1) is 5.54 Å². The van der Waals surface area contributed by atoms with Crippen LogP contribution in [0.4, 0.5) is 15.3 Å². The second kappa shape index (κ2) is 8.91. The molecule has 0 radical (unpaired) electrons. The van der Waals surface area contributed by atoms with E-state index in [-0.39, 0.29) is 0 Å². The first-order valence-corrected chi connectivity index (χ1v) is 13.6. The lowest BCUT2D eigenvalue weighted by Crippen LogP contribution is -2.46. The molecule has 1 fully saturated rings. The molecule has 0 saturated carbocycles. The maximum Gasteiger partial charge on any atom is 0.410 e. The van der Waals surface area contributed by atoms with Crippen LogP contribution in [0.1, 0.15) is 75.6 Å². The first-order chi connectivity index (χ1) is 15.9. The van der Waals surface area contributed by atoms with Gasteiger partial charge in [-0.2, -0.15) is 0 Å². The van der Waals surface area contributed by atoms with Crippen LogP contribution in [0.2, 0.25) is 0 Å². The molecule has 3 amide bonds. The molecule has 186 valence electrons. The van der Waals surface area contributed by atoms with Crippen LogP contribution in [0.15, 0.2) is 17.6 Å². The van der Waals surface area contributed by atoms with E-state index in [9.17, 15) is 18.0 Å². The van der Waals surface area contributed by atoms with E-state index < -0.39 is 33.3 Å². The lowest BCUT2D eigenvalue weighted by molar-refractivity contribution is 0.0169. The number of carbonyl (C=O) groups excluding carboxylic acids is 2. The number of nitrogens with zero attached hydrogens (tertiary/aromatic N) is 1. The van der Waals surface area contributed by atoms with Crippen molar-refractivity contribution in [2.45, 2.75) is 90.2 Å². The van der Waals surface area contributed by atoms with E-state index in [1.54, 1.807) is 32.6 Å². The van der Waals surface area contributed by atoms with Crippen molar-refractivity contribution in [3.63, 3.8) is 0 Å². The van der Waals surface area contributed by atoms with Crippen LogP contribution in [0.25, 0.3) is 0 Å². The van der Waals surface area contributed by atoms with Crippen molar-refractivity contribution in [3.05, 3.63) is 39.8 Å². The number of urea groups is 1. The minimum atomic E-state index is -4.06. The average molecular weight is 490 g/mol. The van der Waals surface area contributed by atoms with Gasteiger partial charge in [0.25, 0.3) is 10.0 Å². The fraction of sp³-hybridized carbons (Fsp3) is 0.600. The molecule has 0 bridgehead atoms. The fourth-order valence-electron chi connectivity index (χ4n) is 5.28. The molecule has 34 heavy (non-hydrogen) atoms. The van der Waals surface area contributed by atoms with Gasteiger partial charge in [-0.05, 0) is 107 Å². The van der Waals surface area contributed by atoms with Gasteiger partial charge >= 0.3 is 12.1 Å². The van der Waals surface area contributed by atoms with Crippen molar-refractivity contribution < 1.29 is 22.7 Å². The van der Waals surface area contributed by atoms with E-state index in [4.69, 9.17) is 4.74 Å². The summed E-state index contributed by atoms with van der Waals surface area (Å²) in [6.07, 6.45) is 8.19.